The molecule has 4 nitrogen and oxygen atoms in total. The van der Waals surface area contributed by atoms with Gasteiger partial charge in [0.1, 0.15) is 0 Å². The van der Waals surface area contributed by atoms with Crippen LogP contribution in [0.4, 0.5) is 0 Å². The number of hydrogen-bond acceptors (Lipinski definition) is 2. The van der Waals surface area contributed by atoms with Gasteiger partial charge in [-0.15, -0.1) is 0 Å². The highest BCUT2D eigenvalue weighted by atomic mass is 16.3. The van der Waals surface area contributed by atoms with Crippen molar-refractivity contribution in [3.8, 4) is 0 Å². The fourth-order valence-electron chi connectivity index (χ4n) is 1.83. The summed E-state index contributed by atoms with van der Waals surface area (Å²) in [7, 11) is 0. The van der Waals surface area contributed by atoms with E-state index in [1.165, 1.54) is 0 Å². The van der Waals surface area contributed by atoms with Crippen molar-refractivity contribution in [1.29, 1.82) is 0 Å². The summed E-state index contributed by atoms with van der Waals surface area (Å²) in [6.45, 7) is 5.72. The van der Waals surface area contributed by atoms with E-state index in [4.69, 9.17) is 5.73 Å². The van der Waals surface area contributed by atoms with Gasteiger partial charge in [0.05, 0.1) is 6.10 Å². The van der Waals surface area contributed by atoms with Crippen LogP contribution in [0, 0.1) is 11.8 Å². The van der Waals surface area contributed by atoms with Crippen LogP contribution >= 0.6 is 0 Å². The van der Waals surface area contributed by atoms with E-state index < -0.39 is 0 Å². The summed E-state index contributed by atoms with van der Waals surface area (Å²) in [6, 6.07) is 0. The zero-order valence-electron chi connectivity index (χ0n) is 9.74. The molecule has 1 rings (SSSR count). The van der Waals surface area contributed by atoms with Crippen molar-refractivity contribution < 1.29 is 5.11 Å². The lowest BCUT2D eigenvalue weighted by Crippen LogP contribution is -2.37. The maximum absolute atomic E-state index is 9.60. The minimum atomic E-state index is -0.157. The molecule has 0 aromatic carbocycles. The van der Waals surface area contributed by atoms with E-state index in [1.54, 1.807) is 0 Å². The zero-order chi connectivity index (χ0) is 11.3. The van der Waals surface area contributed by atoms with Crippen LogP contribution in [0.2, 0.25) is 0 Å². The number of aliphatic hydroxyl groups excluding tert-OH is 1. The molecule has 1 aliphatic rings. The molecular weight excluding hydrogens is 190 g/mol. The fraction of sp³-hybridized carbons (Fsp3) is 0.909. The summed E-state index contributed by atoms with van der Waals surface area (Å²) < 4.78 is 0. The van der Waals surface area contributed by atoms with E-state index >= 15 is 0 Å². The third-order valence-electron chi connectivity index (χ3n) is 2.79. The highest BCUT2D eigenvalue weighted by Gasteiger charge is 2.24. The van der Waals surface area contributed by atoms with Gasteiger partial charge >= 0.3 is 0 Å². The van der Waals surface area contributed by atoms with Gasteiger partial charge in [-0.2, -0.15) is 0 Å². The van der Waals surface area contributed by atoms with Gasteiger partial charge in [0.25, 0.3) is 0 Å². The van der Waals surface area contributed by atoms with Crippen molar-refractivity contribution in [2.75, 3.05) is 13.1 Å². The largest absolute Gasteiger partial charge is 0.393 e. The molecule has 0 bridgehead atoms. The monoisotopic (exact) mass is 213 g/mol. The van der Waals surface area contributed by atoms with Gasteiger partial charge in [-0.25, -0.2) is 0 Å². The van der Waals surface area contributed by atoms with Crippen LogP contribution in [0.15, 0.2) is 4.99 Å². The van der Waals surface area contributed by atoms with E-state index in [-0.39, 0.29) is 6.10 Å². The summed E-state index contributed by atoms with van der Waals surface area (Å²) in [5.74, 6) is 1.38. The number of nitrogens with two attached hydrogens (primary N) is 1. The van der Waals surface area contributed by atoms with Crippen LogP contribution in [-0.2, 0) is 0 Å². The number of rotatable bonds is 4. The Bertz CT molecular complexity index is 216. The Balaban J connectivity index is 2.21. The van der Waals surface area contributed by atoms with Crippen LogP contribution < -0.4 is 11.1 Å². The van der Waals surface area contributed by atoms with Crippen molar-refractivity contribution in [1.82, 2.24) is 5.32 Å². The van der Waals surface area contributed by atoms with Gasteiger partial charge in [0.2, 0.25) is 0 Å². The number of aliphatic imine (C=N–C) groups is 1. The van der Waals surface area contributed by atoms with Crippen molar-refractivity contribution in [3.63, 3.8) is 0 Å². The van der Waals surface area contributed by atoms with Crippen molar-refractivity contribution in [2.24, 2.45) is 22.6 Å². The van der Waals surface area contributed by atoms with Gasteiger partial charge in [-0.3, -0.25) is 4.99 Å². The third kappa shape index (κ3) is 4.51. The SMILES string of the molecule is CC(C)CN=C(N)NCC1CCCC1O. The lowest BCUT2D eigenvalue weighted by Gasteiger charge is -2.15. The fourth-order valence-corrected chi connectivity index (χ4v) is 1.83. The Morgan fingerprint density at radius 3 is 2.80 bits per heavy atom. The molecular formula is C11H23N3O. The topological polar surface area (TPSA) is 70.6 Å². The maximum Gasteiger partial charge on any atom is 0.188 e. The van der Waals surface area contributed by atoms with Gasteiger partial charge in [-0.05, 0) is 18.8 Å². The quantitative estimate of drug-likeness (QED) is 0.476. The smallest absolute Gasteiger partial charge is 0.188 e. The molecule has 0 aromatic rings. The highest BCUT2D eigenvalue weighted by molar-refractivity contribution is 5.77. The molecule has 0 spiro atoms. The molecule has 0 saturated heterocycles. The van der Waals surface area contributed by atoms with E-state index in [1.807, 2.05) is 0 Å². The first-order chi connectivity index (χ1) is 7.09. The van der Waals surface area contributed by atoms with E-state index in [0.717, 1.165) is 32.4 Å². The molecule has 0 radical (unpaired) electrons. The number of aliphatic hydroxyl groups is 1. The van der Waals surface area contributed by atoms with E-state index in [9.17, 15) is 5.11 Å². The minimum Gasteiger partial charge on any atom is -0.393 e. The normalized spacial score (nSPS) is 27.3. The van der Waals surface area contributed by atoms with Crippen LogP contribution in [0.25, 0.3) is 0 Å². The average molecular weight is 213 g/mol. The van der Waals surface area contributed by atoms with Gasteiger partial charge in [0.15, 0.2) is 5.96 Å². The summed E-state index contributed by atoms with van der Waals surface area (Å²) >= 11 is 0. The maximum atomic E-state index is 9.60. The summed E-state index contributed by atoms with van der Waals surface area (Å²) in [5.41, 5.74) is 5.70. The molecule has 4 N–H and O–H groups in total. The molecule has 4 heteroatoms. The van der Waals surface area contributed by atoms with Crippen LogP contribution in [-0.4, -0.2) is 30.3 Å². The zero-order valence-corrected chi connectivity index (χ0v) is 9.74. The Hall–Kier alpha value is -0.770. The van der Waals surface area contributed by atoms with Gasteiger partial charge < -0.3 is 16.2 Å². The first kappa shape index (κ1) is 12.3. The predicted octanol–water partition coefficient (Wildman–Crippen LogP) is 0.708. The molecule has 2 atom stereocenters. The molecule has 0 heterocycles. The van der Waals surface area contributed by atoms with Crippen molar-refractivity contribution in [3.05, 3.63) is 0 Å². The summed E-state index contributed by atoms with van der Waals surface area (Å²) in [4.78, 5) is 4.21. The Morgan fingerprint density at radius 2 is 2.27 bits per heavy atom. The number of guanidine groups is 1. The van der Waals surface area contributed by atoms with Crippen molar-refractivity contribution >= 4 is 5.96 Å². The molecule has 1 saturated carbocycles. The van der Waals surface area contributed by atoms with Gasteiger partial charge in [-0.1, -0.05) is 20.3 Å². The number of hydrogen-bond donors (Lipinski definition) is 3. The molecule has 1 aliphatic carbocycles. The van der Waals surface area contributed by atoms with E-state index in [2.05, 4.69) is 24.2 Å². The van der Waals surface area contributed by atoms with Crippen LogP contribution in [0.5, 0.6) is 0 Å². The molecule has 2 unspecified atom stereocenters. The second kappa shape index (κ2) is 5.95. The third-order valence-corrected chi connectivity index (χ3v) is 2.79. The predicted molar refractivity (Wildman–Crippen MR) is 62.7 cm³/mol. The van der Waals surface area contributed by atoms with Gasteiger partial charge in [0, 0.05) is 19.0 Å². The second-order valence-corrected chi connectivity index (χ2v) is 4.76. The summed E-state index contributed by atoms with van der Waals surface area (Å²) in [6.07, 6.45) is 2.98. The van der Waals surface area contributed by atoms with Crippen LogP contribution in [0.1, 0.15) is 33.1 Å². The highest BCUT2D eigenvalue weighted by Crippen LogP contribution is 2.24. The summed E-state index contributed by atoms with van der Waals surface area (Å²) in [5, 5.41) is 12.7. The molecule has 0 aromatic heterocycles. The Kier molecular flexibility index (Phi) is 4.88. The minimum absolute atomic E-state index is 0.157. The second-order valence-electron chi connectivity index (χ2n) is 4.76. The lowest BCUT2D eigenvalue weighted by molar-refractivity contribution is 0.134. The average Bonchev–Trinajstić information content (AvgIpc) is 2.58. The standard InChI is InChI=1S/C11H23N3O/c1-8(2)6-13-11(12)14-7-9-4-3-5-10(9)15/h8-10,15H,3-7H2,1-2H3,(H3,12,13,14). The first-order valence-electron chi connectivity index (χ1n) is 5.81. The molecule has 0 amide bonds. The Labute approximate surface area is 92.0 Å². The van der Waals surface area contributed by atoms with E-state index in [0.29, 0.717) is 17.8 Å². The molecule has 1 fully saturated rings. The lowest BCUT2D eigenvalue weighted by atomic mass is 10.1. The van der Waals surface area contributed by atoms with Crippen LogP contribution in [0.3, 0.4) is 0 Å². The number of nitrogens with one attached hydrogen (secondary N) is 1. The Morgan fingerprint density at radius 1 is 1.53 bits per heavy atom. The first-order valence-corrected chi connectivity index (χ1v) is 5.81. The molecule has 0 aliphatic heterocycles. The number of nitrogens with zero attached hydrogens (tertiary/aromatic N) is 1. The molecule has 88 valence electrons. The molecule has 15 heavy (non-hydrogen) atoms. The van der Waals surface area contributed by atoms with Crippen molar-refractivity contribution in [2.45, 2.75) is 39.2 Å².